The van der Waals surface area contributed by atoms with E-state index in [-0.39, 0.29) is 30.5 Å². The number of hydrogen-bond donors (Lipinski definition) is 0. The van der Waals surface area contributed by atoms with Crippen molar-refractivity contribution in [2.24, 2.45) is 5.92 Å². The van der Waals surface area contributed by atoms with E-state index < -0.39 is 17.6 Å². The number of amides is 2. The van der Waals surface area contributed by atoms with Gasteiger partial charge >= 0.3 is 0 Å². The molecule has 0 radical (unpaired) electrons. The van der Waals surface area contributed by atoms with Crippen molar-refractivity contribution in [3.05, 3.63) is 47.6 Å². The summed E-state index contributed by atoms with van der Waals surface area (Å²) in [5, 5.41) is 2.99. The average molecular weight is 443 g/mol. The number of piperazine rings is 1. The van der Waals surface area contributed by atoms with Gasteiger partial charge in [0.2, 0.25) is 11.8 Å². The molecule has 5 rings (SSSR count). The van der Waals surface area contributed by atoms with E-state index in [1.807, 2.05) is 11.4 Å². The van der Waals surface area contributed by atoms with Crippen molar-refractivity contribution >= 4 is 44.9 Å². The van der Waals surface area contributed by atoms with Gasteiger partial charge in [0.25, 0.3) is 0 Å². The highest BCUT2D eigenvalue weighted by molar-refractivity contribution is 7.16. The fourth-order valence-corrected chi connectivity index (χ4v) is 4.96. The highest BCUT2D eigenvalue weighted by atomic mass is 32.1. The van der Waals surface area contributed by atoms with Crippen LogP contribution in [0.3, 0.4) is 0 Å². The molecule has 0 aliphatic carbocycles. The Morgan fingerprint density at radius 1 is 1.10 bits per heavy atom. The van der Waals surface area contributed by atoms with E-state index in [9.17, 15) is 18.4 Å². The van der Waals surface area contributed by atoms with Gasteiger partial charge < -0.3 is 14.7 Å². The Labute approximate surface area is 180 Å². The van der Waals surface area contributed by atoms with E-state index >= 15 is 0 Å². The molecule has 0 N–H and O–H groups in total. The summed E-state index contributed by atoms with van der Waals surface area (Å²) in [5.41, 5.74) is 0.00932. The van der Waals surface area contributed by atoms with Crippen LogP contribution in [0.1, 0.15) is 6.42 Å². The van der Waals surface area contributed by atoms with Crippen molar-refractivity contribution in [3.63, 3.8) is 0 Å². The number of hydrogen-bond acceptors (Lipinski definition) is 6. The molecular weight excluding hydrogens is 424 g/mol. The van der Waals surface area contributed by atoms with Crippen LogP contribution in [0.4, 0.5) is 20.3 Å². The molecule has 0 spiro atoms. The first-order valence-electron chi connectivity index (χ1n) is 9.98. The van der Waals surface area contributed by atoms with E-state index in [1.165, 1.54) is 11.0 Å². The van der Waals surface area contributed by atoms with Crippen LogP contribution in [0.2, 0.25) is 0 Å². The lowest BCUT2D eigenvalue weighted by molar-refractivity contribution is -0.136. The predicted molar refractivity (Wildman–Crippen MR) is 113 cm³/mol. The Bertz CT molecular complexity index is 1160. The Balaban J connectivity index is 1.25. The monoisotopic (exact) mass is 443 g/mol. The average Bonchev–Trinajstić information content (AvgIpc) is 3.40. The van der Waals surface area contributed by atoms with Crippen LogP contribution in [0.15, 0.2) is 36.0 Å². The highest BCUT2D eigenvalue weighted by Crippen LogP contribution is 2.30. The van der Waals surface area contributed by atoms with Gasteiger partial charge in [0.1, 0.15) is 28.6 Å². The topological polar surface area (TPSA) is 69.6 Å². The van der Waals surface area contributed by atoms with Gasteiger partial charge in [-0.3, -0.25) is 9.59 Å². The summed E-state index contributed by atoms with van der Waals surface area (Å²) in [6.07, 6.45) is 1.58. The van der Waals surface area contributed by atoms with E-state index in [0.29, 0.717) is 26.2 Å². The molecule has 2 aliphatic heterocycles. The smallest absolute Gasteiger partial charge is 0.228 e. The molecule has 1 unspecified atom stereocenters. The first-order chi connectivity index (χ1) is 15.0. The van der Waals surface area contributed by atoms with E-state index in [1.54, 1.807) is 22.6 Å². The second-order valence-electron chi connectivity index (χ2n) is 7.65. The minimum absolute atomic E-state index is 0.00932. The Kier molecular flexibility index (Phi) is 5.01. The molecule has 0 saturated carbocycles. The Hall–Kier alpha value is -3.14. The summed E-state index contributed by atoms with van der Waals surface area (Å²) >= 11 is 1.56. The first kappa shape index (κ1) is 19.8. The number of aromatic nitrogens is 2. The van der Waals surface area contributed by atoms with Crippen LogP contribution in [0.5, 0.6) is 0 Å². The molecule has 1 atom stereocenters. The van der Waals surface area contributed by atoms with Crippen molar-refractivity contribution in [1.29, 1.82) is 0 Å². The summed E-state index contributed by atoms with van der Waals surface area (Å²) in [6, 6.07) is 5.09. The normalized spacial score (nSPS) is 19.5. The molecule has 2 amide bonds. The minimum Gasteiger partial charge on any atom is -0.352 e. The molecule has 0 bridgehead atoms. The molecule has 2 aliphatic rings. The molecule has 1 aromatic carbocycles. The number of benzene rings is 1. The maximum atomic E-state index is 14.1. The Morgan fingerprint density at radius 3 is 2.68 bits per heavy atom. The van der Waals surface area contributed by atoms with Crippen molar-refractivity contribution < 1.29 is 18.4 Å². The quantitative estimate of drug-likeness (QED) is 0.623. The molecule has 2 saturated heterocycles. The highest BCUT2D eigenvalue weighted by Gasteiger charge is 2.39. The summed E-state index contributed by atoms with van der Waals surface area (Å²) in [5.74, 6) is -1.62. The molecular formula is C21H19F2N5O2S. The summed E-state index contributed by atoms with van der Waals surface area (Å²) in [4.78, 5) is 40.2. The number of rotatable bonds is 3. The SMILES string of the molecule is O=C(C1CC(=O)N(c2ccc(F)cc2F)C1)N1CCN(c2ncnc3sccc23)CC1. The molecule has 10 heteroatoms. The van der Waals surface area contributed by atoms with Gasteiger partial charge in [0.05, 0.1) is 17.0 Å². The summed E-state index contributed by atoms with van der Waals surface area (Å²) in [6.45, 7) is 2.39. The number of anilines is 2. The summed E-state index contributed by atoms with van der Waals surface area (Å²) < 4.78 is 27.3. The van der Waals surface area contributed by atoms with Crippen molar-refractivity contribution in [2.45, 2.75) is 6.42 Å². The molecule has 31 heavy (non-hydrogen) atoms. The van der Waals surface area contributed by atoms with Crippen LogP contribution >= 0.6 is 11.3 Å². The van der Waals surface area contributed by atoms with Crippen molar-refractivity contribution in [3.8, 4) is 0 Å². The number of carbonyl (C=O) groups excluding carboxylic acids is 2. The second-order valence-corrected chi connectivity index (χ2v) is 8.54. The minimum atomic E-state index is -0.806. The van der Waals surface area contributed by atoms with Gasteiger partial charge in [-0.05, 0) is 23.6 Å². The maximum absolute atomic E-state index is 14.1. The first-order valence-corrected chi connectivity index (χ1v) is 10.9. The lowest BCUT2D eigenvalue weighted by Crippen LogP contribution is -2.51. The van der Waals surface area contributed by atoms with Gasteiger partial charge in [-0.15, -0.1) is 11.3 Å². The van der Waals surface area contributed by atoms with Crippen LogP contribution in [-0.4, -0.2) is 59.4 Å². The maximum Gasteiger partial charge on any atom is 0.228 e. The zero-order valence-electron chi connectivity index (χ0n) is 16.5. The van der Waals surface area contributed by atoms with E-state index in [0.717, 1.165) is 28.2 Å². The molecule has 4 heterocycles. The molecule has 2 aromatic heterocycles. The fourth-order valence-electron chi connectivity index (χ4n) is 4.23. The second kappa shape index (κ2) is 7.84. The van der Waals surface area contributed by atoms with Crippen molar-refractivity contribution in [2.75, 3.05) is 42.5 Å². The zero-order chi connectivity index (χ0) is 21.5. The third-order valence-corrected chi connectivity index (χ3v) is 6.63. The number of thiophene rings is 1. The molecule has 7 nitrogen and oxygen atoms in total. The van der Waals surface area contributed by atoms with Gasteiger partial charge in [-0.2, -0.15) is 0 Å². The van der Waals surface area contributed by atoms with Crippen LogP contribution in [0, 0.1) is 17.6 Å². The molecule has 2 fully saturated rings. The largest absolute Gasteiger partial charge is 0.352 e. The lowest BCUT2D eigenvalue weighted by Gasteiger charge is -2.36. The number of nitrogens with zero attached hydrogens (tertiary/aromatic N) is 5. The number of carbonyl (C=O) groups is 2. The van der Waals surface area contributed by atoms with Crippen molar-refractivity contribution in [1.82, 2.24) is 14.9 Å². The van der Waals surface area contributed by atoms with E-state index in [2.05, 4.69) is 14.9 Å². The third-order valence-electron chi connectivity index (χ3n) is 5.81. The van der Waals surface area contributed by atoms with Crippen LogP contribution in [0.25, 0.3) is 10.2 Å². The van der Waals surface area contributed by atoms with Gasteiger partial charge in [-0.1, -0.05) is 0 Å². The molecule has 3 aromatic rings. The van der Waals surface area contributed by atoms with Gasteiger partial charge in [0, 0.05) is 45.2 Å². The number of halogens is 2. The third kappa shape index (κ3) is 3.60. The number of fused-ring (bicyclic) bond motifs is 1. The predicted octanol–water partition coefficient (Wildman–Crippen LogP) is 2.67. The summed E-state index contributed by atoms with van der Waals surface area (Å²) in [7, 11) is 0. The van der Waals surface area contributed by atoms with Gasteiger partial charge in [-0.25, -0.2) is 18.7 Å². The fraction of sp³-hybridized carbons (Fsp3) is 0.333. The van der Waals surface area contributed by atoms with Crippen LogP contribution < -0.4 is 9.80 Å². The van der Waals surface area contributed by atoms with E-state index in [4.69, 9.17) is 0 Å². The van der Waals surface area contributed by atoms with Crippen LogP contribution in [-0.2, 0) is 9.59 Å². The lowest BCUT2D eigenvalue weighted by atomic mass is 10.1. The zero-order valence-corrected chi connectivity index (χ0v) is 17.3. The standard InChI is InChI=1S/C21H19F2N5O2S/c22-14-1-2-17(16(23)10-14)28-11-13(9-18(28)29)21(30)27-6-4-26(5-7-27)19-15-3-8-31-20(15)25-12-24-19/h1-3,8,10,12-13H,4-7,9,11H2. The molecule has 160 valence electrons. The Morgan fingerprint density at radius 2 is 1.90 bits per heavy atom. The van der Waals surface area contributed by atoms with Gasteiger partial charge in [0.15, 0.2) is 0 Å².